The maximum Gasteiger partial charge on any atom is 0.409 e. The number of anilines is 1. The van der Waals surface area contributed by atoms with Crippen LogP contribution in [0.1, 0.15) is 23.0 Å². The monoisotopic (exact) mass is 436 g/mol. The molecule has 2 aromatic heterocycles. The average Bonchev–Trinajstić information content (AvgIpc) is 2.79. The molecule has 2 amide bonds. The predicted octanol–water partition coefficient (Wildman–Crippen LogP) is 1.47. The molecule has 1 aliphatic heterocycles. The van der Waals surface area contributed by atoms with Gasteiger partial charge in [-0.3, -0.25) is 14.2 Å². The second kappa shape index (κ2) is 8.66. The van der Waals surface area contributed by atoms with E-state index in [0.29, 0.717) is 55.6 Å². The summed E-state index contributed by atoms with van der Waals surface area (Å²) in [5.41, 5.74) is 7.21. The molecule has 166 valence electrons. The number of fused-ring (bicyclic) bond motifs is 1. The van der Waals surface area contributed by atoms with Gasteiger partial charge in [0, 0.05) is 43.2 Å². The van der Waals surface area contributed by atoms with Crippen molar-refractivity contribution in [3.05, 3.63) is 58.0 Å². The first-order valence-corrected chi connectivity index (χ1v) is 10.4. The number of pyridine rings is 1. The van der Waals surface area contributed by atoms with Gasteiger partial charge in [0.25, 0.3) is 5.56 Å². The fourth-order valence-corrected chi connectivity index (χ4v) is 3.72. The second-order valence-electron chi connectivity index (χ2n) is 7.44. The third kappa shape index (κ3) is 3.98. The van der Waals surface area contributed by atoms with Crippen molar-refractivity contribution in [1.82, 2.24) is 19.4 Å². The first-order chi connectivity index (χ1) is 15.4. The summed E-state index contributed by atoms with van der Waals surface area (Å²) in [4.78, 5) is 49.1. The van der Waals surface area contributed by atoms with Gasteiger partial charge in [-0.05, 0) is 44.2 Å². The van der Waals surface area contributed by atoms with Gasteiger partial charge in [0.15, 0.2) is 5.65 Å². The molecule has 3 heterocycles. The molecular weight excluding hydrogens is 412 g/mol. The minimum Gasteiger partial charge on any atom is -0.450 e. The summed E-state index contributed by atoms with van der Waals surface area (Å²) in [5.74, 6) is -0.0455. The van der Waals surface area contributed by atoms with Crippen molar-refractivity contribution in [1.29, 1.82) is 0 Å². The Hall–Kier alpha value is -3.95. The quantitative estimate of drug-likeness (QED) is 0.657. The average molecular weight is 436 g/mol. The van der Waals surface area contributed by atoms with E-state index in [-0.39, 0.29) is 11.7 Å². The van der Waals surface area contributed by atoms with Gasteiger partial charge in [0.05, 0.1) is 18.0 Å². The highest BCUT2D eigenvalue weighted by Crippen LogP contribution is 2.22. The molecule has 32 heavy (non-hydrogen) atoms. The Bertz CT molecular complexity index is 1230. The Morgan fingerprint density at radius 1 is 1.03 bits per heavy atom. The predicted molar refractivity (Wildman–Crippen MR) is 119 cm³/mol. The van der Waals surface area contributed by atoms with E-state index in [1.54, 1.807) is 42.2 Å². The third-order valence-electron chi connectivity index (χ3n) is 5.43. The van der Waals surface area contributed by atoms with Crippen LogP contribution in [0.5, 0.6) is 0 Å². The lowest BCUT2D eigenvalue weighted by atomic mass is 10.2. The number of carbonyl (C=O) groups is 2. The van der Waals surface area contributed by atoms with Gasteiger partial charge in [0.1, 0.15) is 0 Å². The van der Waals surface area contributed by atoms with Crippen LogP contribution in [0, 0.1) is 6.92 Å². The minimum atomic E-state index is -0.538. The van der Waals surface area contributed by atoms with E-state index >= 15 is 0 Å². The smallest absolute Gasteiger partial charge is 0.409 e. The summed E-state index contributed by atoms with van der Waals surface area (Å²) in [6, 6.07) is 9.66. The fraction of sp³-hybridized carbons (Fsp3) is 0.318. The number of hydrogen-bond acceptors (Lipinski definition) is 7. The zero-order valence-corrected chi connectivity index (χ0v) is 17.9. The van der Waals surface area contributed by atoms with E-state index in [1.165, 1.54) is 10.6 Å². The molecule has 1 aliphatic rings. The van der Waals surface area contributed by atoms with Crippen molar-refractivity contribution in [2.24, 2.45) is 5.73 Å². The molecule has 10 heteroatoms. The van der Waals surface area contributed by atoms with Crippen molar-refractivity contribution in [3.8, 4) is 5.69 Å². The SMILES string of the molecule is CCOC(=O)N1CCN(c2nc(C)c3ccc(=O)n(-c4ccc(C(N)=O)cc4)c3n2)CC1. The van der Waals surface area contributed by atoms with Crippen LogP contribution in [0.2, 0.25) is 0 Å². The molecule has 1 saturated heterocycles. The van der Waals surface area contributed by atoms with Crippen LogP contribution in [0.25, 0.3) is 16.7 Å². The van der Waals surface area contributed by atoms with Crippen LogP contribution >= 0.6 is 0 Å². The van der Waals surface area contributed by atoms with Crippen molar-refractivity contribution in [2.45, 2.75) is 13.8 Å². The molecule has 0 bridgehead atoms. The maximum absolute atomic E-state index is 12.8. The summed E-state index contributed by atoms with van der Waals surface area (Å²) in [5, 5.41) is 0.748. The molecule has 0 atom stereocenters. The highest BCUT2D eigenvalue weighted by atomic mass is 16.6. The van der Waals surface area contributed by atoms with Crippen LogP contribution in [0.15, 0.2) is 41.2 Å². The van der Waals surface area contributed by atoms with Crippen LogP contribution in [0.3, 0.4) is 0 Å². The van der Waals surface area contributed by atoms with Crippen LogP contribution in [0.4, 0.5) is 10.7 Å². The van der Waals surface area contributed by atoms with Crippen molar-refractivity contribution >= 4 is 29.0 Å². The molecule has 1 fully saturated rings. The maximum atomic E-state index is 12.8. The highest BCUT2D eigenvalue weighted by molar-refractivity contribution is 5.93. The Morgan fingerprint density at radius 3 is 2.34 bits per heavy atom. The number of aryl methyl sites for hydroxylation is 1. The first-order valence-electron chi connectivity index (χ1n) is 10.4. The highest BCUT2D eigenvalue weighted by Gasteiger charge is 2.24. The number of aromatic nitrogens is 3. The fourth-order valence-electron chi connectivity index (χ4n) is 3.72. The van der Waals surface area contributed by atoms with Crippen molar-refractivity contribution in [2.75, 3.05) is 37.7 Å². The summed E-state index contributed by atoms with van der Waals surface area (Å²) in [7, 11) is 0. The second-order valence-corrected chi connectivity index (χ2v) is 7.44. The topological polar surface area (TPSA) is 124 Å². The van der Waals surface area contributed by atoms with Gasteiger partial charge < -0.3 is 20.3 Å². The third-order valence-corrected chi connectivity index (χ3v) is 5.43. The number of carbonyl (C=O) groups excluding carboxylic acids is 2. The Balaban J connectivity index is 1.71. The summed E-state index contributed by atoms with van der Waals surface area (Å²) in [6.07, 6.45) is -0.323. The normalized spacial score (nSPS) is 13.9. The van der Waals surface area contributed by atoms with Gasteiger partial charge >= 0.3 is 6.09 Å². The van der Waals surface area contributed by atoms with Crippen LogP contribution in [-0.4, -0.2) is 64.2 Å². The van der Waals surface area contributed by atoms with E-state index in [2.05, 4.69) is 4.98 Å². The molecule has 0 aliphatic carbocycles. The number of amides is 2. The molecule has 0 saturated carbocycles. The van der Waals surface area contributed by atoms with Gasteiger partial charge in [-0.2, -0.15) is 4.98 Å². The minimum absolute atomic E-state index is 0.250. The summed E-state index contributed by atoms with van der Waals surface area (Å²) >= 11 is 0. The number of rotatable bonds is 4. The molecule has 2 N–H and O–H groups in total. The molecule has 0 radical (unpaired) electrons. The zero-order valence-electron chi connectivity index (χ0n) is 17.9. The van der Waals surface area contributed by atoms with E-state index in [1.807, 2.05) is 11.8 Å². The molecular formula is C22H24N6O4. The number of hydrogen-bond donors (Lipinski definition) is 1. The van der Waals surface area contributed by atoms with Crippen LogP contribution < -0.4 is 16.2 Å². The van der Waals surface area contributed by atoms with Gasteiger partial charge in [0.2, 0.25) is 11.9 Å². The van der Waals surface area contributed by atoms with Crippen molar-refractivity contribution < 1.29 is 14.3 Å². The zero-order chi connectivity index (χ0) is 22.8. The number of nitrogens with two attached hydrogens (primary N) is 1. The summed E-state index contributed by atoms with van der Waals surface area (Å²) in [6.45, 7) is 6.07. The number of benzene rings is 1. The number of primary amides is 1. The van der Waals surface area contributed by atoms with Gasteiger partial charge in [-0.1, -0.05) is 0 Å². The molecule has 1 aromatic carbocycles. The van der Waals surface area contributed by atoms with E-state index in [0.717, 1.165) is 11.1 Å². The van der Waals surface area contributed by atoms with Crippen molar-refractivity contribution in [3.63, 3.8) is 0 Å². The van der Waals surface area contributed by atoms with E-state index in [9.17, 15) is 14.4 Å². The molecule has 10 nitrogen and oxygen atoms in total. The number of nitrogens with zero attached hydrogens (tertiary/aromatic N) is 5. The first kappa shape index (κ1) is 21.3. The molecule has 4 rings (SSSR count). The van der Waals surface area contributed by atoms with E-state index < -0.39 is 5.91 Å². The number of ether oxygens (including phenoxy) is 1. The van der Waals surface area contributed by atoms with E-state index in [4.69, 9.17) is 15.5 Å². The standard InChI is InChI=1S/C22H24N6O4/c1-3-32-22(31)27-12-10-26(11-13-27)21-24-14(2)17-8-9-18(29)28(20(17)25-21)16-6-4-15(5-7-16)19(23)30/h4-9H,3,10-13H2,1-2H3,(H2,23,30). The largest absolute Gasteiger partial charge is 0.450 e. The van der Waals surface area contributed by atoms with Crippen LogP contribution in [-0.2, 0) is 4.74 Å². The Kier molecular flexibility index (Phi) is 5.76. The molecule has 0 unspecified atom stereocenters. The molecule has 3 aromatic rings. The lowest BCUT2D eigenvalue weighted by Gasteiger charge is -2.34. The Labute approximate surface area is 184 Å². The van der Waals surface area contributed by atoms with Gasteiger partial charge in [-0.25, -0.2) is 9.78 Å². The Morgan fingerprint density at radius 2 is 1.72 bits per heavy atom. The number of piperazine rings is 1. The lowest BCUT2D eigenvalue weighted by molar-refractivity contribution is 0.0999. The van der Waals surface area contributed by atoms with Gasteiger partial charge in [-0.15, -0.1) is 0 Å². The molecule has 0 spiro atoms. The summed E-state index contributed by atoms with van der Waals surface area (Å²) < 4.78 is 6.56. The lowest BCUT2D eigenvalue weighted by Crippen LogP contribution is -2.49.